The van der Waals surface area contributed by atoms with Gasteiger partial charge in [0.2, 0.25) is 5.91 Å². The molecule has 1 saturated carbocycles. The van der Waals surface area contributed by atoms with E-state index in [2.05, 4.69) is 19.2 Å². The zero-order valence-electron chi connectivity index (χ0n) is 12.0. The van der Waals surface area contributed by atoms with Gasteiger partial charge in [0.1, 0.15) is 0 Å². The zero-order valence-corrected chi connectivity index (χ0v) is 12.0. The molecular weight excluding hydrogens is 228 g/mol. The van der Waals surface area contributed by atoms with E-state index in [-0.39, 0.29) is 17.4 Å². The minimum atomic E-state index is 0.0388. The molecule has 1 saturated heterocycles. The SMILES string of the molecule is CCO[C@@H]1C[C@@H](N(C)C(=O)[C@H]2CCCN2)C1(C)C. The lowest BCUT2D eigenvalue weighted by atomic mass is 9.63. The van der Waals surface area contributed by atoms with Gasteiger partial charge in [0.05, 0.1) is 12.1 Å². The third-order valence-corrected chi connectivity index (χ3v) is 4.67. The molecule has 0 aromatic rings. The van der Waals surface area contributed by atoms with Crippen molar-refractivity contribution in [2.75, 3.05) is 20.2 Å². The molecule has 4 nitrogen and oxygen atoms in total. The van der Waals surface area contributed by atoms with Crippen LogP contribution in [0, 0.1) is 5.41 Å². The highest BCUT2D eigenvalue weighted by molar-refractivity contribution is 5.82. The average Bonchev–Trinajstić information content (AvgIpc) is 2.86. The van der Waals surface area contributed by atoms with Crippen LogP contribution >= 0.6 is 0 Å². The molecule has 104 valence electrons. The van der Waals surface area contributed by atoms with Crippen molar-refractivity contribution in [2.45, 2.75) is 58.2 Å². The first-order chi connectivity index (χ1) is 8.48. The van der Waals surface area contributed by atoms with Crippen LogP contribution in [0.5, 0.6) is 0 Å². The normalized spacial score (nSPS) is 34.1. The maximum atomic E-state index is 12.4. The molecule has 0 radical (unpaired) electrons. The van der Waals surface area contributed by atoms with Gasteiger partial charge >= 0.3 is 0 Å². The molecular formula is C14H26N2O2. The Morgan fingerprint density at radius 3 is 2.72 bits per heavy atom. The van der Waals surface area contributed by atoms with E-state index in [0.717, 1.165) is 32.4 Å². The molecule has 2 rings (SSSR count). The van der Waals surface area contributed by atoms with E-state index in [1.54, 1.807) is 0 Å². The van der Waals surface area contributed by atoms with Crippen molar-refractivity contribution in [3.63, 3.8) is 0 Å². The topological polar surface area (TPSA) is 41.6 Å². The van der Waals surface area contributed by atoms with Gasteiger partial charge in [0.25, 0.3) is 0 Å². The van der Waals surface area contributed by atoms with Crippen LogP contribution in [0.1, 0.15) is 40.0 Å². The second-order valence-electron chi connectivity index (χ2n) is 6.11. The Balaban J connectivity index is 1.94. The van der Waals surface area contributed by atoms with Crippen LogP contribution < -0.4 is 5.32 Å². The number of nitrogens with zero attached hydrogens (tertiary/aromatic N) is 1. The highest BCUT2D eigenvalue weighted by atomic mass is 16.5. The molecule has 0 spiro atoms. The summed E-state index contributed by atoms with van der Waals surface area (Å²) < 4.78 is 5.73. The van der Waals surface area contributed by atoms with Crippen LogP contribution in [0.4, 0.5) is 0 Å². The van der Waals surface area contributed by atoms with Crippen LogP contribution in [0.15, 0.2) is 0 Å². The average molecular weight is 254 g/mol. The molecule has 2 fully saturated rings. The van der Waals surface area contributed by atoms with Gasteiger partial charge in [-0.25, -0.2) is 0 Å². The van der Waals surface area contributed by atoms with Gasteiger partial charge in [0.15, 0.2) is 0 Å². The summed E-state index contributed by atoms with van der Waals surface area (Å²) in [5.74, 6) is 0.250. The first-order valence-corrected chi connectivity index (χ1v) is 7.10. The summed E-state index contributed by atoms with van der Waals surface area (Å²) >= 11 is 0. The highest BCUT2D eigenvalue weighted by Crippen LogP contribution is 2.45. The van der Waals surface area contributed by atoms with E-state index < -0.39 is 0 Å². The van der Waals surface area contributed by atoms with Gasteiger partial charge in [-0.2, -0.15) is 0 Å². The summed E-state index contributed by atoms with van der Waals surface area (Å²) in [6.45, 7) is 8.16. The second kappa shape index (κ2) is 5.17. The Hall–Kier alpha value is -0.610. The van der Waals surface area contributed by atoms with E-state index in [1.165, 1.54) is 0 Å². The van der Waals surface area contributed by atoms with Crippen LogP contribution in [0.25, 0.3) is 0 Å². The number of nitrogens with one attached hydrogen (secondary N) is 1. The minimum absolute atomic E-state index is 0.0388. The zero-order chi connectivity index (χ0) is 13.3. The van der Waals surface area contributed by atoms with E-state index in [0.29, 0.717) is 12.1 Å². The second-order valence-corrected chi connectivity index (χ2v) is 6.11. The fraction of sp³-hybridized carbons (Fsp3) is 0.929. The fourth-order valence-electron chi connectivity index (χ4n) is 3.30. The number of amides is 1. The van der Waals surface area contributed by atoms with Crippen molar-refractivity contribution in [1.82, 2.24) is 10.2 Å². The lowest BCUT2D eigenvalue weighted by molar-refractivity contribution is -0.164. The lowest BCUT2D eigenvalue weighted by Gasteiger charge is -2.55. The molecule has 1 aliphatic heterocycles. The summed E-state index contributed by atoms with van der Waals surface area (Å²) in [6, 6.07) is 0.348. The number of carbonyl (C=O) groups excluding carboxylic acids is 1. The predicted molar refractivity (Wildman–Crippen MR) is 71.4 cm³/mol. The Morgan fingerprint density at radius 1 is 1.50 bits per heavy atom. The van der Waals surface area contributed by atoms with Gasteiger partial charge in [-0.05, 0) is 32.7 Å². The maximum absolute atomic E-state index is 12.4. The van der Waals surface area contributed by atoms with Gasteiger partial charge in [0, 0.05) is 25.1 Å². The first-order valence-electron chi connectivity index (χ1n) is 7.10. The molecule has 0 unspecified atom stereocenters. The molecule has 3 atom stereocenters. The summed E-state index contributed by atoms with van der Waals surface area (Å²) in [4.78, 5) is 14.3. The number of likely N-dealkylation sites (N-methyl/N-ethyl adjacent to an activating group) is 1. The van der Waals surface area contributed by atoms with Crippen molar-refractivity contribution in [2.24, 2.45) is 5.41 Å². The van der Waals surface area contributed by atoms with E-state index >= 15 is 0 Å². The molecule has 1 amide bonds. The van der Waals surface area contributed by atoms with Gasteiger partial charge in [-0.3, -0.25) is 4.79 Å². The minimum Gasteiger partial charge on any atom is -0.378 e. The van der Waals surface area contributed by atoms with Crippen LogP contribution in [0.3, 0.4) is 0 Å². The Kier molecular flexibility index (Phi) is 3.97. The Morgan fingerprint density at radius 2 is 2.22 bits per heavy atom. The molecule has 4 heteroatoms. The number of hydrogen-bond donors (Lipinski definition) is 1. The largest absolute Gasteiger partial charge is 0.378 e. The molecule has 1 aliphatic carbocycles. The number of rotatable bonds is 4. The van der Waals surface area contributed by atoms with Crippen molar-refractivity contribution >= 4 is 5.91 Å². The summed E-state index contributed by atoms with van der Waals surface area (Å²) in [7, 11) is 1.94. The summed E-state index contributed by atoms with van der Waals surface area (Å²) in [6.07, 6.45) is 3.35. The van der Waals surface area contributed by atoms with Crippen molar-refractivity contribution in [3.8, 4) is 0 Å². The quantitative estimate of drug-likeness (QED) is 0.824. The monoisotopic (exact) mass is 254 g/mol. The van der Waals surface area contributed by atoms with Gasteiger partial charge < -0.3 is 15.0 Å². The van der Waals surface area contributed by atoms with Crippen LogP contribution in [-0.4, -0.2) is 49.2 Å². The Labute approximate surface area is 110 Å². The van der Waals surface area contributed by atoms with Crippen molar-refractivity contribution in [1.29, 1.82) is 0 Å². The standard InChI is InChI=1S/C14H26N2O2/c1-5-18-12-9-11(14(12,2)3)16(4)13(17)10-7-6-8-15-10/h10-12,15H,5-9H2,1-4H3/t10-,11-,12-/m1/s1. The van der Waals surface area contributed by atoms with E-state index in [4.69, 9.17) is 4.74 Å². The third-order valence-electron chi connectivity index (χ3n) is 4.67. The number of carbonyl (C=O) groups is 1. The summed E-state index contributed by atoms with van der Waals surface area (Å²) in [5.41, 5.74) is 0.0685. The predicted octanol–water partition coefficient (Wildman–Crippen LogP) is 1.40. The number of hydrogen-bond acceptors (Lipinski definition) is 3. The third kappa shape index (κ3) is 2.28. The Bertz CT molecular complexity index is 311. The first kappa shape index (κ1) is 13.8. The molecule has 0 aromatic heterocycles. The van der Waals surface area contributed by atoms with E-state index in [1.807, 2.05) is 18.9 Å². The summed E-state index contributed by atoms with van der Waals surface area (Å²) in [5, 5.41) is 3.28. The molecule has 1 heterocycles. The molecule has 18 heavy (non-hydrogen) atoms. The molecule has 2 aliphatic rings. The van der Waals surface area contributed by atoms with Crippen molar-refractivity contribution in [3.05, 3.63) is 0 Å². The fourth-order valence-corrected chi connectivity index (χ4v) is 3.30. The smallest absolute Gasteiger partial charge is 0.239 e. The van der Waals surface area contributed by atoms with Crippen LogP contribution in [-0.2, 0) is 9.53 Å². The lowest BCUT2D eigenvalue weighted by Crippen LogP contribution is -2.63. The van der Waals surface area contributed by atoms with Gasteiger partial charge in [-0.1, -0.05) is 13.8 Å². The maximum Gasteiger partial charge on any atom is 0.239 e. The van der Waals surface area contributed by atoms with Crippen molar-refractivity contribution < 1.29 is 9.53 Å². The highest BCUT2D eigenvalue weighted by Gasteiger charge is 2.52. The molecule has 0 bridgehead atoms. The molecule has 1 N–H and O–H groups in total. The van der Waals surface area contributed by atoms with E-state index in [9.17, 15) is 4.79 Å². The van der Waals surface area contributed by atoms with Gasteiger partial charge in [-0.15, -0.1) is 0 Å². The van der Waals surface area contributed by atoms with Crippen LogP contribution in [0.2, 0.25) is 0 Å². The number of ether oxygens (including phenoxy) is 1. The molecule has 0 aromatic carbocycles.